The van der Waals surface area contributed by atoms with Crippen molar-refractivity contribution in [3.63, 3.8) is 0 Å². The molecule has 0 aromatic carbocycles. The molecule has 1 fully saturated rings. The second kappa shape index (κ2) is 8.04. The Morgan fingerprint density at radius 1 is 1.19 bits per heavy atom. The summed E-state index contributed by atoms with van der Waals surface area (Å²) in [6.45, 7) is 5.33. The van der Waals surface area contributed by atoms with Crippen molar-refractivity contribution in [3.05, 3.63) is 0 Å². The summed E-state index contributed by atoms with van der Waals surface area (Å²) in [5.74, 6) is 0. The molecule has 16 heavy (non-hydrogen) atoms. The standard InChI is InChI=1S/C13H27NO2/c1-2-16-11-7-10-14-12-13(15)8-5-3-4-6-9-13/h14-15H,2-12H2,1H3. The van der Waals surface area contributed by atoms with Crippen molar-refractivity contribution in [2.45, 2.75) is 57.5 Å². The lowest BCUT2D eigenvalue weighted by Crippen LogP contribution is -2.40. The summed E-state index contributed by atoms with van der Waals surface area (Å²) < 4.78 is 5.27. The molecule has 3 nitrogen and oxygen atoms in total. The van der Waals surface area contributed by atoms with Crippen molar-refractivity contribution in [2.75, 3.05) is 26.3 Å². The largest absolute Gasteiger partial charge is 0.389 e. The molecule has 3 heteroatoms. The average molecular weight is 229 g/mol. The number of nitrogens with one attached hydrogen (secondary N) is 1. The third-order valence-corrected chi connectivity index (χ3v) is 3.33. The quantitative estimate of drug-likeness (QED) is 0.519. The minimum absolute atomic E-state index is 0.442. The monoisotopic (exact) mass is 229 g/mol. The van der Waals surface area contributed by atoms with Crippen molar-refractivity contribution in [1.29, 1.82) is 0 Å². The smallest absolute Gasteiger partial charge is 0.0771 e. The topological polar surface area (TPSA) is 41.5 Å². The van der Waals surface area contributed by atoms with E-state index in [1.807, 2.05) is 6.92 Å². The first-order valence-corrected chi connectivity index (χ1v) is 6.78. The second-order valence-corrected chi connectivity index (χ2v) is 4.87. The highest BCUT2D eigenvalue weighted by Crippen LogP contribution is 2.26. The molecule has 1 rings (SSSR count). The number of hydrogen-bond donors (Lipinski definition) is 2. The Kier molecular flexibility index (Phi) is 7.01. The molecule has 0 aromatic heterocycles. The van der Waals surface area contributed by atoms with Crippen LogP contribution in [0.25, 0.3) is 0 Å². The molecule has 1 aliphatic rings. The zero-order chi connectivity index (χ0) is 11.7. The molecule has 0 heterocycles. The van der Waals surface area contributed by atoms with Gasteiger partial charge < -0.3 is 15.2 Å². The van der Waals surface area contributed by atoms with E-state index in [2.05, 4.69) is 5.32 Å². The molecular weight excluding hydrogens is 202 g/mol. The number of hydrogen-bond acceptors (Lipinski definition) is 3. The zero-order valence-corrected chi connectivity index (χ0v) is 10.6. The lowest BCUT2D eigenvalue weighted by molar-refractivity contribution is 0.0248. The van der Waals surface area contributed by atoms with Crippen LogP contribution in [-0.4, -0.2) is 37.0 Å². The van der Waals surface area contributed by atoms with Gasteiger partial charge >= 0.3 is 0 Å². The molecule has 2 N–H and O–H groups in total. The van der Waals surface area contributed by atoms with E-state index in [1.165, 1.54) is 25.7 Å². The molecule has 0 spiro atoms. The molecular formula is C13H27NO2. The number of aliphatic hydroxyl groups is 1. The maximum Gasteiger partial charge on any atom is 0.0771 e. The minimum Gasteiger partial charge on any atom is -0.389 e. The maximum absolute atomic E-state index is 10.4. The fraction of sp³-hybridized carbons (Fsp3) is 1.00. The molecule has 0 radical (unpaired) electrons. The Bertz CT molecular complexity index is 165. The van der Waals surface area contributed by atoms with E-state index in [-0.39, 0.29) is 0 Å². The summed E-state index contributed by atoms with van der Waals surface area (Å²) in [5.41, 5.74) is -0.442. The zero-order valence-electron chi connectivity index (χ0n) is 10.6. The highest BCUT2D eigenvalue weighted by Gasteiger charge is 2.26. The second-order valence-electron chi connectivity index (χ2n) is 4.87. The van der Waals surface area contributed by atoms with E-state index in [0.717, 1.165) is 45.6 Å². The highest BCUT2D eigenvalue weighted by atomic mass is 16.5. The fourth-order valence-corrected chi connectivity index (χ4v) is 2.33. The predicted molar refractivity (Wildman–Crippen MR) is 66.6 cm³/mol. The van der Waals surface area contributed by atoms with Crippen molar-refractivity contribution in [3.8, 4) is 0 Å². The third kappa shape index (κ3) is 5.83. The Balaban J connectivity index is 2.05. The van der Waals surface area contributed by atoms with Crippen LogP contribution in [0.1, 0.15) is 51.9 Å². The summed E-state index contributed by atoms with van der Waals surface area (Å²) in [7, 11) is 0. The van der Waals surface area contributed by atoms with Crippen LogP contribution in [0.4, 0.5) is 0 Å². The Hall–Kier alpha value is -0.120. The van der Waals surface area contributed by atoms with Gasteiger partial charge in [0.1, 0.15) is 0 Å². The van der Waals surface area contributed by atoms with Crippen LogP contribution in [0, 0.1) is 0 Å². The van der Waals surface area contributed by atoms with Gasteiger partial charge in [-0.1, -0.05) is 25.7 Å². The molecule has 0 unspecified atom stereocenters. The Labute approximate surface area is 99.6 Å². The first-order valence-electron chi connectivity index (χ1n) is 6.78. The summed E-state index contributed by atoms with van der Waals surface area (Å²) in [6, 6.07) is 0. The van der Waals surface area contributed by atoms with Crippen molar-refractivity contribution < 1.29 is 9.84 Å². The SMILES string of the molecule is CCOCCCNCC1(O)CCCCCC1. The van der Waals surface area contributed by atoms with Gasteiger partial charge in [0.25, 0.3) is 0 Å². The van der Waals surface area contributed by atoms with E-state index in [9.17, 15) is 5.11 Å². The van der Waals surface area contributed by atoms with Crippen LogP contribution >= 0.6 is 0 Å². The van der Waals surface area contributed by atoms with E-state index >= 15 is 0 Å². The van der Waals surface area contributed by atoms with E-state index in [1.54, 1.807) is 0 Å². The fourth-order valence-electron chi connectivity index (χ4n) is 2.33. The third-order valence-electron chi connectivity index (χ3n) is 3.33. The van der Waals surface area contributed by atoms with E-state index < -0.39 is 5.60 Å². The molecule has 0 bridgehead atoms. The molecule has 0 aromatic rings. The van der Waals surface area contributed by atoms with Crippen LogP contribution in [0.3, 0.4) is 0 Å². The molecule has 0 amide bonds. The lowest BCUT2D eigenvalue weighted by atomic mass is 9.94. The van der Waals surface area contributed by atoms with Crippen LogP contribution in [0.2, 0.25) is 0 Å². The average Bonchev–Trinajstić information content (AvgIpc) is 2.49. The van der Waals surface area contributed by atoms with Gasteiger partial charge in [-0.25, -0.2) is 0 Å². The molecule has 96 valence electrons. The highest BCUT2D eigenvalue weighted by molar-refractivity contribution is 4.82. The minimum atomic E-state index is -0.442. The Morgan fingerprint density at radius 3 is 2.50 bits per heavy atom. The van der Waals surface area contributed by atoms with Crippen molar-refractivity contribution >= 4 is 0 Å². The number of rotatable bonds is 7. The van der Waals surface area contributed by atoms with Crippen LogP contribution in [-0.2, 0) is 4.74 Å². The van der Waals surface area contributed by atoms with Gasteiger partial charge in [0.2, 0.25) is 0 Å². The lowest BCUT2D eigenvalue weighted by Gasteiger charge is -2.26. The van der Waals surface area contributed by atoms with E-state index in [0.29, 0.717) is 0 Å². The first kappa shape index (κ1) is 13.9. The van der Waals surface area contributed by atoms with Gasteiger partial charge in [-0.3, -0.25) is 0 Å². The molecule has 1 aliphatic carbocycles. The molecule has 0 saturated heterocycles. The molecule has 0 aliphatic heterocycles. The van der Waals surface area contributed by atoms with Gasteiger partial charge in [-0.2, -0.15) is 0 Å². The van der Waals surface area contributed by atoms with Gasteiger partial charge in [-0.15, -0.1) is 0 Å². The summed E-state index contributed by atoms with van der Waals surface area (Å²) >= 11 is 0. The predicted octanol–water partition coefficient (Wildman–Crippen LogP) is 2.09. The molecule has 0 atom stereocenters. The van der Waals surface area contributed by atoms with E-state index in [4.69, 9.17) is 4.74 Å². The summed E-state index contributed by atoms with van der Waals surface area (Å²) in [6.07, 6.45) is 7.88. The maximum atomic E-state index is 10.4. The van der Waals surface area contributed by atoms with Crippen molar-refractivity contribution in [2.24, 2.45) is 0 Å². The van der Waals surface area contributed by atoms with Crippen molar-refractivity contribution in [1.82, 2.24) is 5.32 Å². The van der Waals surface area contributed by atoms with Gasteiger partial charge in [0.15, 0.2) is 0 Å². The van der Waals surface area contributed by atoms with Crippen LogP contribution in [0.15, 0.2) is 0 Å². The number of ether oxygens (including phenoxy) is 1. The molecule has 1 saturated carbocycles. The summed E-state index contributed by atoms with van der Waals surface area (Å²) in [4.78, 5) is 0. The first-order chi connectivity index (χ1) is 7.77. The normalized spacial score (nSPS) is 20.6. The van der Waals surface area contributed by atoms with Gasteiger partial charge in [-0.05, 0) is 32.7 Å². The summed E-state index contributed by atoms with van der Waals surface area (Å²) in [5, 5.41) is 13.7. The van der Waals surface area contributed by atoms with Gasteiger partial charge in [0.05, 0.1) is 5.60 Å². The Morgan fingerprint density at radius 2 is 1.88 bits per heavy atom. The van der Waals surface area contributed by atoms with Crippen LogP contribution in [0.5, 0.6) is 0 Å². The van der Waals surface area contributed by atoms with Crippen LogP contribution < -0.4 is 5.32 Å². The van der Waals surface area contributed by atoms with Gasteiger partial charge in [0, 0.05) is 19.8 Å².